The van der Waals surface area contributed by atoms with Gasteiger partial charge in [0.1, 0.15) is 6.07 Å². The molecule has 3 rings (SSSR count). The van der Waals surface area contributed by atoms with E-state index in [0.29, 0.717) is 38.8 Å². The first-order valence-electron chi connectivity index (χ1n) is 8.33. The fourth-order valence-corrected chi connectivity index (χ4v) is 3.63. The molecule has 1 aromatic heterocycles. The summed E-state index contributed by atoms with van der Waals surface area (Å²) in [5.74, 6) is 0.571. The Labute approximate surface area is 176 Å². The van der Waals surface area contributed by atoms with E-state index in [9.17, 15) is 4.79 Å². The molecule has 142 valence electrons. The summed E-state index contributed by atoms with van der Waals surface area (Å²) in [6.45, 7) is 2.64. The van der Waals surface area contributed by atoms with Gasteiger partial charge in [0.25, 0.3) is 0 Å². The summed E-state index contributed by atoms with van der Waals surface area (Å²) in [5.41, 5.74) is 1.64. The maximum absolute atomic E-state index is 12.3. The van der Waals surface area contributed by atoms with E-state index >= 15 is 0 Å². The van der Waals surface area contributed by atoms with Crippen LogP contribution < -0.4 is 5.32 Å². The average Bonchev–Trinajstić information content (AvgIpc) is 3.10. The Hall–Kier alpha value is -2.53. The first-order chi connectivity index (χ1) is 13.5. The highest BCUT2D eigenvalue weighted by atomic mass is 35.5. The third kappa shape index (κ3) is 4.65. The van der Waals surface area contributed by atoms with E-state index in [1.807, 2.05) is 29.7 Å². The van der Waals surface area contributed by atoms with Crippen molar-refractivity contribution < 1.29 is 4.79 Å². The predicted octanol–water partition coefficient (Wildman–Crippen LogP) is 4.87. The van der Waals surface area contributed by atoms with E-state index in [1.165, 1.54) is 11.8 Å². The van der Waals surface area contributed by atoms with Crippen molar-refractivity contribution in [3.05, 3.63) is 58.1 Å². The Morgan fingerprint density at radius 3 is 2.57 bits per heavy atom. The predicted molar refractivity (Wildman–Crippen MR) is 112 cm³/mol. The molecule has 28 heavy (non-hydrogen) atoms. The van der Waals surface area contributed by atoms with Gasteiger partial charge in [-0.25, -0.2) is 0 Å². The topological polar surface area (TPSA) is 83.6 Å². The monoisotopic (exact) mass is 431 g/mol. The molecule has 0 atom stereocenters. The van der Waals surface area contributed by atoms with Crippen molar-refractivity contribution in [3.63, 3.8) is 0 Å². The standard InChI is InChI=1S/C19H15Cl2N5OS/c1-2-26-18(12-3-6-14(20)7-4-12)24-25-19(26)28-11-17(27)23-16-9-15(21)8-5-13(16)10-22/h3-9H,2,11H2,1H3,(H,23,27). The maximum Gasteiger partial charge on any atom is 0.234 e. The van der Waals surface area contributed by atoms with Crippen LogP contribution in [0.25, 0.3) is 11.4 Å². The van der Waals surface area contributed by atoms with Crippen LogP contribution in [0.5, 0.6) is 0 Å². The van der Waals surface area contributed by atoms with Gasteiger partial charge in [0.2, 0.25) is 5.91 Å². The number of nitrogens with one attached hydrogen (secondary N) is 1. The number of aromatic nitrogens is 3. The Morgan fingerprint density at radius 1 is 1.18 bits per heavy atom. The number of anilines is 1. The highest BCUT2D eigenvalue weighted by Crippen LogP contribution is 2.26. The summed E-state index contributed by atoms with van der Waals surface area (Å²) in [4.78, 5) is 12.3. The van der Waals surface area contributed by atoms with Gasteiger partial charge in [0.05, 0.1) is 17.0 Å². The van der Waals surface area contributed by atoms with Crippen molar-refractivity contribution in [2.75, 3.05) is 11.1 Å². The van der Waals surface area contributed by atoms with Crippen molar-refractivity contribution in [3.8, 4) is 17.5 Å². The third-order valence-electron chi connectivity index (χ3n) is 3.84. The second kappa shape index (κ2) is 9.11. The van der Waals surface area contributed by atoms with Crippen molar-refractivity contribution >= 4 is 46.6 Å². The number of hydrogen-bond donors (Lipinski definition) is 1. The van der Waals surface area contributed by atoms with Crippen molar-refractivity contribution in [2.24, 2.45) is 0 Å². The molecule has 0 aliphatic rings. The summed E-state index contributed by atoms with van der Waals surface area (Å²) in [7, 11) is 0. The molecule has 0 fully saturated rings. The molecule has 1 amide bonds. The molecule has 0 bridgehead atoms. The van der Waals surface area contributed by atoms with Crippen LogP contribution in [0.15, 0.2) is 47.6 Å². The van der Waals surface area contributed by atoms with Gasteiger partial charge in [-0.05, 0) is 49.4 Å². The van der Waals surface area contributed by atoms with Crippen molar-refractivity contribution in [2.45, 2.75) is 18.6 Å². The fourth-order valence-electron chi connectivity index (χ4n) is 2.53. The number of rotatable bonds is 6. The van der Waals surface area contributed by atoms with Crippen LogP contribution in [0, 0.1) is 11.3 Å². The number of thioether (sulfide) groups is 1. The quantitative estimate of drug-likeness (QED) is 0.562. The fraction of sp³-hybridized carbons (Fsp3) is 0.158. The van der Waals surface area contributed by atoms with Gasteiger partial charge >= 0.3 is 0 Å². The smallest absolute Gasteiger partial charge is 0.234 e. The molecule has 0 saturated heterocycles. The van der Waals surface area contributed by atoms with Gasteiger partial charge in [-0.15, -0.1) is 10.2 Å². The Bertz CT molecular complexity index is 1040. The Morgan fingerprint density at radius 2 is 1.89 bits per heavy atom. The average molecular weight is 432 g/mol. The zero-order valence-corrected chi connectivity index (χ0v) is 17.1. The van der Waals surface area contributed by atoms with E-state index in [1.54, 1.807) is 30.3 Å². The Kier molecular flexibility index (Phi) is 6.57. The lowest BCUT2D eigenvalue weighted by Gasteiger charge is -2.09. The molecule has 6 nitrogen and oxygen atoms in total. The molecule has 0 spiro atoms. The molecule has 0 aliphatic heterocycles. The molecule has 3 aromatic rings. The van der Waals surface area contributed by atoms with Crippen LogP contribution in [-0.4, -0.2) is 26.4 Å². The summed E-state index contributed by atoms with van der Waals surface area (Å²) in [5, 5.41) is 22.0. The van der Waals surface area contributed by atoms with E-state index < -0.39 is 0 Å². The largest absolute Gasteiger partial charge is 0.324 e. The number of hydrogen-bond acceptors (Lipinski definition) is 5. The van der Waals surface area contributed by atoms with Crippen LogP contribution in [0.4, 0.5) is 5.69 Å². The van der Waals surface area contributed by atoms with Crippen LogP contribution in [0.2, 0.25) is 10.0 Å². The number of amides is 1. The van der Waals surface area contributed by atoms with Crippen LogP contribution in [0.3, 0.4) is 0 Å². The van der Waals surface area contributed by atoms with Gasteiger partial charge < -0.3 is 9.88 Å². The minimum atomic E-state index is -0.262. The first kappa shape index (κ1) is 20.2. The SMILES string of the molecule is CCn1c(SCC(=O)Nc2cc(Cl)ccc2C#N)nnc1-c1ccc(Cl)cc1. The van der Waals surface area contributed by atoms with Crippen LogP contribution in [0.1, 0.15) is 12.5 Å². The third-order valence-corrected chi connectivity index (χ3v) is 5.30. The molecule has 0 unspecified atom stereocenters. The zero-order valence-electron chi connectivity index (χ0n) is 14.8. The second-order valence-electron chi connectivity index (χ2n) is 5.70. The minimum absolute atomic E-state index is 0.121. The van der Waals surface area contributed by atoms with Crippen molar-refractivity contribution in [1.82, 2.24) is 14.8 Å². The summed E-state index contributed by atoms with van der Waals surface area (Å²) < 4.78 is 1.93. The maximum atomic E-state index is 12.3. The van der Waals surface area contributed by atoms with Gasteiger partial charge in [-0.1, -0.05) is 35.0 Å². The number of nitriles is 1. The number of benzene rings is 2. The highest BCUT2D eigenvalue weighted by molar-refractivity contribution is 7.99. The molecule has 0 radical (unpaired) electrons. The molecule has 1 heterocycles. The minimum Gasteiger partial charge on any atom is -0.324 e. The molecule has 0 saturated carbocycles. The molecule has 2 aromatic carbocycles. The van der Waals surface area contributed by atoms with Gasteiger partial charge in [-0.3, -0.25) is 4.79 Å². The lowest BCUT2D eigenvalue weighted by molar-refractivity contribution is -0.113. The molecular weight excluding hydrogens is 417 g/mol. The van der Waals surface area contributed by atoms with Crippen LogP contribution >= 0.6 is 35.0 Å². The lowest BCUT2D eigenvalue weighted by Crippen LogP contribution is -2.15. The van der Waals surface area contributed by atoms with E-state index in [0.717, 1.165) is 5.56 Å². The zero-order chi connectivity index (χ0) is 20.1. The molecule has 0 aliphatic carbocycles. The number of carbonyl (C=O) groups excluding carboxylic acids is 1. The molecule has 9 heteroatoms. The molecule has 1 N–H and O–H groups in total. The van der Waals surface area contributed by atoms with Gasteiger partial charge in [0.15, 0.2) is 11.0 Å². The summed E-state index contributed by atoms with van der Waals surface area (Å²) in [6, 6.07) is 14.1. The number of carbonyl (C=O) groups is 1. The van der Waals surface area contributed by atoms with Crippen molar-refractivity contribution in [1.29, 1.82) is 5.26 Å². The van der Waals surface area contributed by atoms with E-state index in [-0.39, 0.29) is 11.7 Å². The molecular formula is C19H15Cl2N5OS. The normalized spacial score (nSPS) is 10.5. The highest BCUT2D eigenvalue weighted by Gasteiger charge is 2.15. The number of nitrogens with zero attached hydrogens (tertiary/aromatic N) is 4. The second-order valence-corrected chi connectivity index (χ2v) is 7.51. The number of halogens is 2. The van der Waals surface area contributed by atoms with Gasteiger partial charge in [0, 0.05) is 22.2 Å². The summed E-state index contributed by atoms with van der Waals surface area (Å²) in [6.07, 6.45) is 0. The van der Waals surface area contributed by atoms with E-state index in [2.05, 4.69) is 15.5 Å². The lowest BCUT2D eigenvalue weighted by atomic mass is 10.2. The summed E-state index contributed by atoms with van der Waals surface area (Å²) >= 11 is 13.2. The Balaban J connectivity index is 1.71. The van der Waals surface area contributed by atoms with Gasteiger partial charge in [-0.2, -0.15) is 5.26 Å². The van der Waals surface area contributed by atoms with Crippen LogP contribution in [-0.2, 0) is 11.3 Å². The first-order valence-corrected chi connectivity index (χ1v) is 10.1. The van der Waals surface area contributed by atoms with E-state index in [4.69, 9.17) is 28.5 Å².